The largest absolute Gasteiger partial charge is 0.334 e. The Morgan fingerprint density at radius 2 is 1.57 bits per heavy atom. The second kappa shape index (κ2) is 3.71. The molecule has 0 aromatic rings. The van der Waals surface area contributed by atoms with Crippen LogP contribution in [0.3, 0.4) is 0 Å². The molecule has 0 saturated carbocycles. The Labute approximate surface area is 45.6 Å². The predicted octanol–water partition coefficient (Wildman–Crippen LogP) is 1.07. The van der Waals surface area contributed by atoms with Gasteiger partial charge in [0.25, 0.3) is 0 Å². The van der Waals surface area contributed by atoms with Crippen molar-refractivity contribution in [3.63, 3.8) is 0 Å². The van der Waals surface area contributed by atoms with Gasteiger partial charge in [-0.25, -0.2) is 0 Å². The molecule has 0 amide bonds. The fraction of sp³-hybridized carbons (Fsp3) is 1.00. The second-order valence-electron chi connectivity index (χ2n) is 0.966. The standard InChI is InChI=1S/C2H6O3P2/c1-2-4-7-5-6-3-1/h6-7H,1-2H2. The quantitative estimate of drug-likeness (QED) is 0.471. The summed E-state index contributed by atoms with van der Waals surface area (Å²) in [5.74, 6) is 0. The van der Waals surface area contributed by atoms with Gasteiger partial charge in [0, 0.05) is 0 Å². The third kappa shape index (κ3) is 2.53. The summed E-state index contributed by atoms with van der Waals surface area (Å²) < 4.78 is 14.6. The van der Waals surface area contributed by atoms with Crippen LogP contribution in [-0.2, 0) is 13.4 Å². The first-order valence-electron chi connectivity index (χ1n) is 1.89. The first-order valence-corrected chi connectivity index (χ1v) is 3.53. The Kier molecular flexibility index (Phi) is 3.11. The summed E-state index contributed by atoms with van der Waals surface area (Å²) in [4.78, 5) is 0. The van der Waals surface area contributed by atoms with Crippen molar-refractivity contribution in [3.05, 3.63) is 0 Å². The average molecular weight is 140 g/mol. The first kappa shape index (κ1) is 5.87. The summed E-state index contributed by atoms with van der Waals surface area (Å²) in [7, 11) is 0.364. The van der Waals surface area contributed by atoms with E-state index in [1.807, 2.05) is 0 Å². The monoisotopic (exact) mass is 140 g/mol. The van der Waals surface area contributed by atoms with Crippen LogP contribution in [0.25, 0.3) is 0 Å². The van der Waals surface area contributed by atoms with Gasteiger partial charge in [0.15, 0.2) is 18.1 Å². The molecule has 0 aromatic heterocycles. The van der Waals surface area contributed by atoms with Gasteiger partial charge in [-0.1, -0.05) is 0 Å². The lowest BCUT2D eigenvalue weighted by Crippen LogP contribution is -1.89. The van der Waals surface area contributed by atoms with Crippen LogP contribution in [0.15, 0.2) is 0 Å². The zero-order valence-electron chi connectivity index (χ0n) is 3.64. The van der Waals surface area contributed by atoms with Gasteiger partial charge in [-0.05, 0) is 0 Å². The van der Waals surface area contributed by atoms with Crippen LogP contribution in [-0.4, -0.2) is 13.2 Å². The minimum atomic E-state index is 0.182. The molecule has 1 saturated heterocycles. The lowest BCUT2D eigenvalue weighted by molar-refractivity contribution is 0.264. The van der Waals surface area contributed by atoms with Gasteiger partial charge < -0.3 is 9.05 Å². The molecule has 42 valence electrons. The topological polar surface area (TPSA) is 27.7 Å². The lowest BCUT2D eigenvalue weighted by atomic mass is 10.8. The van der Waals surface area contributed by atoms with Gasteiger partial charge in [-0.15, -0.1) is 0 Å². The smallest absolute Gasteiger partial charge is 0.161 e. The third-order valence-electron chi connectivity index (χ3n) is 0.489. The Morgan fingerprint density at radius 3 is 2.14 bits per heavy atom. The van der Waals surface area contributed by atoms with Crippen LogP contribution in [0.1, 0.15) is 0 Å². The van der Waals surface area contributed by atoms with Gasteiger partial charge >= 0.3 is 0 Å². The van der Waals surface area contributed by atoms with Crippen LogP contribution in [0.5, 0.6) is 0 Å². The third-order valence-corrected chi connectivity index (χ3v) is 1.80. The van der Waals surface area contributed by atoms with Gasteiger partial charge in [0.2, 0.25) is 0 Å². The van der Waals surface area contributed by atoms with E-state index in [1.54, 1.807) is 0 Å². The van der Waals surface area contributed by atoms with Crippen LogP contribution >= 0.6 is 18.1 Å². The molecule has 1 aliphatic heterocycles. The highest BCUT2D eigenvalue weighted by atomic mass is 31.2. The highest BCUT2D eigenvalue weighted by Crippen LogP contribution is 2.30. The molecule has 1 heterocycles. The van der Waals surface area contributed by atoms with Crippen molar-refractivity contribution in [1.82, 2.24) is 0 Å². The molecule has 0 N–H and O–H groups in total. The van der Waals surface area contributed by atoms with Crippen molar-refractivity contribution in [3.8, 4) is 0 Å². The summed E-state index contributed by atoms with van der Waals surface area (Å²) in [6.45, 7) is 1.34. The fourth-order valence-corrected chi connectivity index (χ4v) is 1.18. The number of hydrogen-bond acceptors (Lipinski definition) is 3. The molecule has 0 aromatic carbocycles. The minimum Gasteiger partial charge on any atom is -0.334 e. The van der Waals surface area contributed by atoms with Crippen molar-refractivity contribution < 1.29 is 13.4 Å². The first-order chi connectivity index (χ1) is 3.50. The minimum absolute atomic E-state index is 0.182. The molecular weight excluding hydrogens is 134 g/mol. The molecule has 7 heavy (non-hydrogen) atoms. The number of hydrogen-bond donors (Lipinski definition) is 0. The SMILES string of the molecule is C1COPOPO1. The predicted molar refractivity (Wildman–Crippen MR) is 29.6 cm³/mol. The highest BCUT2D eigenvalue weighted by Gasteiger charge is 1.95. The van der Waals surface area contributed by atoms with Crippen molar-refractivity contribution in [2.75, 3.05) is 13.2 Å². The molecule has 1 aliphatic rings. The molecule has 5 heteroatoms. The van der Waals surface area contributed by atoms with Crippen LogP contribution < -0.4 is 0 Å². The van der Waals surface area contributed by atoms with E-state index in [4.69, 9.17) is 13.4 Å². The summed E-state index contributed by atoms with van der Waals surface area (Å²) >= 11 is 0. The maximum atomic E-state index is 4.88. The Hall–Kier alpha value is 0.740. The van der Waals surface area contributed by atoms with E-state index in [9.17, 15) is 0 Å². The zero-order chi connectivity index (χ0) is 4.95. The fourth-order valence-electron chi connectivity index (χ4n) is 0.243. The molecule has 2 atom stereocenters. The van der Waals surface area contributed by atoms with Crippen molar-refractivity contribution in [1.29, 1.82) is 0 Å². The normalized spacial score (nSPS) is 30.9. The molecule has 0 aliphatic carbocycles. The molecule has 0 radical (unpaired) electrons. The molecule has 0 bridgehead atoms. The van der Waals surface area contributed by atoms with E-state index in [1.165, 1.54) is 0 Å². The highest BCUT2D eigenvalue weighted by molar-refractivity contribution is 7.40. The van der Waals surface area contributed by atoms with Crippen LogP contribution in [0.4, 0.5) is 0 Å². The molecular formula is C2H6O3P2. The second-order valence-corrected chi connectivity index (χ2v) is 2.69. The summed E-state index contributed by atoms with van der Waals surface area (Å²) in [6.07, 6.45) is 0. The van der Waals surface area contributed by atoms with E-state index >= 15 is 0 Å². The Morgan fingerprint density at radius 1 is 1.00 bits per heavy atom. The van der Waals surface area contributed by atoms with E-state index in [0.29, 0.717) is 13.2 Å². The van der Waals surface area contributed by atoms with Crippen LogP contribution in [0, 0.1) is 0 Å². The lowest BCUT2D eigenvalue weighted by Gasteiger charge is -1.90. The number of rotatable bonds is 0. The van der Waals surface area contributed by atoms with Crippen molar-refractivity contribution in [2.24, 2.45) is 0 Å². The van der Waals surface area contributed by atoms with Crippen molar-refractivity contribution >= 4 is 18.1 Å². The van der Waals surface area contributed by atoms with Crippen molar-refractivity contribution in [2.45, 2.75) is 0 Å². The maximum Gasteiger partial charge on any atom is 0.161 e. The molecule has 3 nitrogen and oxygen atoms in total. The molecule has 0 spiro atoms. The molecule has 1 rings (SSSR count). The van der Waals surface area contributed by atoms with Gasteiger partial charge in [-0.3, -0.25) is 4.31 Å². The summed E-state index contributed by atoms with van der Waals surface area (Å²) in [6, 6.07) is 0. The average Bonchev–Trinajstić information content (AvgIpc) is 1.90. The van der Waals surface area contributed by atoms with E-state index < -0.39 is 0 Å². The Bertz CT molecular complexity index is 30.5. The van der Waals surface area contributed by atoms with E-state index in [0.717, 1.165) is 0 Å². The summed E-state index contributed by atoms with van der Waals surface area (Å²) in [5.41, 5.74) is 0. The van der Waals surface area contributed by atoms with Crippen LogP contribution in [0.2, 0.25) is 0 Å². The van der Waals surface area contributed by atoms with Gasteiger partial charge in [0.05, 0.1) is 13.2 Å². The molecule has 2 unspecified atom stereocenters. The molecule has 1 fully saturated rings. The van der Waals surface area contributed by atoms with E-state index in [-0.39, 0.29) is 18.1 Å². The van der Waals surface area contributed by atoms with Gasteiger partial charge in [-0.2, -0.15) is 0 Å². The Balaban J connectivity index is 2.04. The zero-order valence-corrected chi connectivity index (χ0v) is 5.64. The van der Waals surface area contributed by atoms with Gasteiger partial charge in [0.1, 0.15) is 0 Å². The van der Waals surface area contributed by atoms with E-state index in [2.05, 4.69) is 0 Å². The maximum absolute atomic E-state index is 4.88. The summed E-state index contributed by atoms with van der Waals surface area (Å²) in [5, 5.41) is 0.